The van der Waals surface area contributed by atoms with Crippen molar-refractivity contribution in [1.82, 2.24) is 0 Å². The minimum atomic E-state index is -4.44. The first-order valence-corrected chi connectivity index (χ1v) is 8.33. The Hall–Kier alpha value is -2.76. The SMILES string of the molecule is O=C(O)c1ccc([C@@H]2Nc3c(cccc3C(F)(F)F)[C@H]3C=CC[C@@H]32)cc1. The normalized spacial score (nSPS) is 23.9. The van der Waals surface area contributed by atoms with Crippen LogP contribution in [0.2, 0.25) is 0 Å². The Labute approximate surface area is 148 Å². The maximum absolute atomic E-state index is 13.5. The Morgan fingerprint density at radius 3 is 2.50 bits per heavy atom. The van der Waals surface area contributed by atoms with E-state index in [4.69, 9.17) is 5.11 Å². The zero-order chi connectivity index (χ0) is 18.5. The molecule has 0 saturated heterocycles. The molecule has 1 aliphatic carbocycles. The van der Waals surface area contributed by atoms with Crippen LogP contribution in [0.25, 0.3) is 0 Å². The zero-order valence-electron chi connectivity index (χ0n) is 13.6. The molecule has 26 heavy (non-hydrogen) atoms. The second-order valence-corrected chi connectivity index (χ2v) is 6.67. The van der Waals surface area contributed by atoms with Gasteiger partial charge in [-0.15, -0.1) is 0 Å². The molecular formula is C20H16F3NO2. The number of halogens is 3. The molecule has 1 heterocycles. The van der Waals surface area contributed by atoms with E-state index in [0.717, 1.165) is 18.1 Å². The van der Waals surface area contributed by atoms with Crippen LogP contribution in [0.3, 0.4) is 0 Å². The quantitative estimate of drug-likeness (QED) is 0.722. The number of nitrogens with one attached hydrogen (secondary N) is 1. The monoisotopic (exact) mass is 359 g/mol. The van der Waals surface area contributed by atoms with Crippen LogP contribution in [-0.4, -0.2) is 11.1 Å². The highest BCUT2D eigenvalue weighted by Gasteiger charge is 2.42. The lowest BCUT2D eigenvalue weighted by Crippen LogP contribution is -2.30. The van der Waals surface area contributed by atoms with Crippen molar-refractivity contribution in [3.05, 3.63) is 76.9 Å². The van der Waals surface area contributed by atoms with E-state index in [-0.39, 0.29) is 29.1 Å². The van der Waals surface area contributed by atoms with E-state index in [9.17, 15) is 18.0 Å². The van der Waals surface area contributed by atoms with Gasteiger partial charge in [-0.05, 0) is 41.7 Å². The number of fused-ring (bicyclic) bond motifs is 3. The van der Waals surface area contributed by atoms with Crippen molar-refractivity contribution >= 4 is 11.7 Å². The average molecular weight is 359 g/mol. The molecule has 6 heteroatoms. The van der Waals surface area contributed by atoms with Gasteiger partial charge in [0.2, 0.25) is 0 Å². The summed E-state index contributed by atoms with van der Waals surface area (Å²) in [4.78, 5) is 11.0. The number of carbonyl (C=O) groups is 1. The molecule has 0 bridgehead atoms. The molecule has 2 aliphatic rings. The molecule has 1 aliphatic heterocycles. The Bertz CT molecular complexity index is 887. The second-order valence-electron chi connectivity index (χ2n) is 6.67. The van der Waals surface area contributed by atoms with Gasteiger partial charge in [-0.1, -0.05) is 36.4 Å². The molecule has 3 nitrogen and oxygen atoms in total. The van der Waals surface area contributed by atoms with Gasteiger partial charge in [0.25, 0.3) is 0 Å². The molecule has 0 fully saturated rings. The van der Waals surface area contributed by atoms with Crippen LogP contribution in [0.15, 0.2) is 54.6 Å². The summed E-state index contributed by atoms with van der Waals surface area (Å²) in [5.41, 5.74) is 1.07. The van der Waals surface area contributed by atoms with E-state index in [1.807, 2.05) is 12.2 Å². The molecule has 0 radical (unpaired) electrons. The first-order valence-electron chi connectivity index (χ1n) is 8.33. The van der Waals surface area contributed by atoms with Crippen molar-refractivity contribution in [1.29, 1.82) is 0 Å². The van der Waals surface area contributed by atoms with Crippen LogP contribution in [0.5, 0.6) is 0 Å². The van der Waals surface area contributed by atoms with E-state index in [0.29, 0.717) is 5.56 Å². The number of carboxylic acid groups (broad SMARTS) is 1. The highest BCUT2D eigenvalue weighted by Crippen LogP contribution is 2.52. The number of hydrogen-bond donors (Lipinski definition) is 2. The molecule has 2 N–H and O–H groups in total. The third-order valence-corrected chi connectivity index (χ3v) is 5.22. The van der Waals surface area contributed by atoms with E-state index in [2.05, 4.69) is 5.32 Å². The number of alkyl halides is 3. The molecule has 4 rings (SSSR count). The Kier molecular flexibility index (Phi) is 3.79. The Morgan fingerprint density at radius 1 is 1.12 bits per heavy atom. The zero-order valence-corrected chi connectivity index (χ0v) is 13.6. The lowest BCUT2D eigenvalue weighted by atomic mass is 9.76. The molecule has 2 aromatic rings. The maximum atomic E-state index is 13.5. The summed E-state index contributed by atoms with van der Waals surface area (Å²) in [7, 11) is 0. The molecule has 3 atom stereocenters. The van der Waals surface area contributed by atoms with Gasteiger partial charge in [-0.2, -0.15) is 13.2 Å². The van der Waals surface area contributed by atoms with E-state index < -0.39 is 17.7 Å². The van der Waals surface area contributed by atoms with E-state index >= 15 is 0 Å². The van der Waals surface area contributed by atoms with Crippen LogP contribution in [0.1, 0.15) is 45.4 Å². The lowest BCUT2D eigenvalue weighted by Gasteiger charge is -2.38. The molecule has 0 amide bonds. The molecule has 2 aromatic carbocycles. The third kappa shape index (κ3) is 2.66. The molecule has 0 spiro atoms. The number of anilines is 1. The summed E-state index contributed by atoms with van der Waals surface area (Å²) in [5.74, 6) is -1.02. The van der Waals surface area contributed by atoms with Gasteiger partial charge in [0, 0.05) is 5.92 Å². The standard InChI is InChI=1S/C20H16F3NO2/c21-20(22,23)16-6-2-5-15-13-3-1-4-14(13)17(24-18(15)16)11-7-9-12(10-8-11)19(25)26/h1-3,5-10,13-14,17,24H,4H2,(H,25,26)/t13-,14-,17-/m0/s1. The summed E-state index contributed by atoms with van der Waals surface area (Å²) in [5, 5.41) is 12.1. The second kappa shape index (κ2) is 5.90. The van der Waals surface area contributed by atoms with Crippen molar-refractivity contribution in [2.24, 2.45) is 5.92 Å². The van der Waals surface area contributed by atoms with Crippen molar-refractivity contribution in [2.75, 3.05) is 5.32 Å². The highest BCUT2D eigenvalue weighted by molar-refractivity contribution is 5.87. The highest BCUT2D eigenvalue weighted by atomic mass is 19.4. The topological polar surface area (TPSA) is 49.3 Å². The Balaban J connectivity index is 1.79. The summed E-state index contributed by atoms with van der Waals surface area (Å²) in [6.45, 7) is 0. The summed E-state index contributed by atoms with van der Waals surface area (Å²) in [6, 6.07) is 10.3. The van der Waals surface area contributed by atoms with Crippen LogP contribution < -0.4 is 5.32 Å². The number of rotatable bonds is 2. The first kappa shape index (κ1) is 16.7. The minimum absolute atomic E-state index is 0.0855. The fraction of sp³-hybridized carbons (Fsp3) is 0.250. The largest absolute Gasteiger partial charge is 0.478 e. The van der Waals surface area contributed by atoms with Crippen LogP contribution in [0, 0.1) is 5.92 Å². The third-order valence-electron chi connectivity index (χ3n) is 5.22. The summed E-state index contributed by atoms with van der Waals surface area (Å²) >= 11 is 0. The van der Waals surface area contributed by atoms with Crippen molar-refractivity contribution in [3.8, 4) is 0 Å². The smallest absolute Gasteiger partial charge is 0.418 e. The molecule has 134 valence electrons. The predicted molar refractivity (Wildman–Crippen MR) is 91.2 cm³/mol. The van der Waals surface area contributed by atoms with Gasteiger partial charge in [-0.3, -0.25) is 0 Å². The van der Waals surface area contributed by atoms with Crippen LogP contribution in [-0.2, 0) is 6.18 Å². The van der Waals surface area contributed by atoms with E-state index in [1.54, 1.807) is 18.2 Å². The number of benzene rings is 2. The lowest BCUT2D eigenvalue weighted by molar-refractivity contribution is -0.137. The fourth-order valence-corrected chi connectivity index (χ4v) is 4.02. The maximum Gasteiger partial charge on any atom is 0.418 e. The number of para-hydroxylation sites is 1. The summed E-state index contributed by atoms with van der Waals surface area (Å²) < 4.78 is 40.4. The van der Waals surface area contributed by atoms with Crippen molar-refractivity contribution < 1.29 is 23.1 Å². The first-order chi connectivity index (χ1) is 12.4. The van der Waals surface area contributed by atoms with Crippen molar-refractivity contribution in [3.63, 3.8) is 0 Å². The van der Waals surface area contributed by atoms with Gasteiger partial charge in [0.05, 0.1) is 22.9 Å². The van der Waals surface area contributed by atoms with Crippen LogP contribution >= 0.6 is 0 Å². The fourth-order valence-electron chi connectivity index (χ4n) is 4.02. The van der Waals surface area contributed by atoms with Crippen molar-refractivity contribution in [2.45, 2.75) is 24.6 Å². The number of aromatic carboxylic acids is 1. The molecular weight excluding hydrogens is 343 g/mol. The molecule has 0 unspecified atom stereocenters. The predicted octanol–water partition coefficient (Wildman–Crippen LogP) is 5.23. The summed E-state index contributed by atoms with van der Waals surface area (Å²) in [6.07, 6.45) is 0.304. The molecule has 0 aromatic heterocycles. The van der Waals surface area contributed by atoms with E-state index in [1.165, 1.54) is 18.2 Å². The number of carboxylic acids is 1. The minimum Gasteiger partial charge on any atom is -0.478 e. The molecule has 0 saturated carbocycles. The van der Waals surface area contributed by atoms with Gasteiger partial charge in [0.1, 0.15) is 0 Å². The van der Waals surface area contributed by atoms with Crippen LogP contribution in [0.4, 0.5) is 18.9 Å². The van der Waals surface area contributed by atoms with Gasteiger partial charge in [0.15, 0.2) is 0 Å². The van der Waals surface area contributed by atoms with Gasteiger partial charge >= 0.3 is 12.1 Å². The average Bonchev–Trinajstić information content (AvgIpc) is 3.09. The van der Waals surface area contributed by atoms with Gasteiger partial charge < -0.3 is 10.4 Å². The Morgan fingerprint density at radius 2 is 1.85 bits per heavy atom. The number of allylic oxidation sites excluding steroid dienone is 2. The number of hydrogen-bond acceptors (Lipinski definition) is 2. The van der Waals surface area contributed by atoms with Gasteiger partial charge in [-0.25, -0.2) is 4.79 Å².